The SMILES string of the molecule is C/C=C/CCC1CCC(c2ccc(C(F)(F)OCCc3ccc(C#N)c(F)c3)cc2)CC1. The first-order chi connectivity index (χ1) is 15.4. The molecule has 0 N–H and O–H groups in total. The number of nitriles is 1. The van der Waals surface area contributed by atoms with Gasteiger partial charge in [-0.2, -0.15) is 14.0 Å². The van der Waals surface area contributed by atoms with Crippen LogP contribution in [0, 0.1) is 23.1 Å². The van der Waals surface area contributed by atoms with Crippen LogP contribution >= 0.6 is 0 Å². The second-order valence-electron chi connectivity index (χ2n) is 8.53. The molecular formula is C27H30F3NO. The first-order valence-electron chi connectivity index (χ1n) is 11.3. The minimum Gasteiger partial charge on any atom is -0.316 e. The summed E-state index contributed by atoms with van der Waals surface area (Å²) >= 11 is 0. The molecule has 0 radical (unpaired) electrons. The van der Waals surface area contributed by atoms with E-state index in [0.29, 0.717) is 11.5 Å². The van der Waals surface area contributed by atoms with E-state index in [-0.39, 0.29) is 24.2 Å². The molecule has 1 aliphatic rings. The molecule has 0 atom stereocenters. The lowest BCUT2D eigenvalue weighted by atomic mass is 9.77. The molecule has 0 heterocycles. The van der Waals surface area contributed by atoms with Gasteiger partial charge in [-0.1, -0.05) is 42.5 Å². The van der Waals surface area contributed by atoms with E-state index < -0.39 is 11.9 Å². The Bertz CT molecular complexity index is 938. The molecule has 0 spiro atoms. The van der Waals surface area contributed by atoms with Crippen molar-refractivity contribution < 1.29 is 17.9 Å². The average molecular weight is 442 g/mol. The van der Waals surface area contributed by atoms with Gasteiger partial charge in [0.1, 0.15) is 11.9 Å². The maximum Gasteiger partial charge on any atom is 0.383 e. The third-order valence-corrected chi connectivity index (χ3v) is 6.37. The quantitative estimate of drug-likeness (QED) is 0.375. The van der Waals surface area contributed by atoms with Gasteiger partial charge in [0.25, 0.3) is 0 Å². The molecule has 2 nitrogen and oxygen atoms in total. The molecule has 170 valence electrons. The van der Waals surface area contributed by atoms with Crippen molar-refractivity contribution in [3.63, 3.8) is 0 Å². The molecule has 0 amide bonds. The van der Waals surface area contributed by atoms with Gasteiger partial charge in [0.2, 0.25) is 0 Å². The van der Waals surface area contributed by atoms with Crippen molar-refractivity contribution in [1.29, 1.82) is 5.26 Å². The van der Waals surface area contributed by atoms with Gasteiger partial charge < -0.3 is 4.74 Å². The summed E-state index contributed by atoms with van der Waals surface area (Å²) in [6, 6.07) is 12.3. The van der Waals surface area contributed by atoms with Crippen LogP contribution in [0.2, 0.25) is 0 Å². The van der Waals surface area contributed by atoms with E-state index in [2.05, 4.69) is 12.2 Å². The number of hydrogen-bond acceptors (Lipinski definition) is 2. The third kappa shape index (κ3) is 6.46. The third-order valence-electron chi connectivity index (χ3n) is 6.37. The van der Waals surface area contributed by atoms with Crippen molar-refractivity contribution in [2.75, 3.05) is 6.61 Å². The Labute approximate surface area is 188 Å². The Morgan fingerprint density at radius 1 is 1.09 bits per heavy atom. The summed E-state index contributed by atoms with van der Waals surface area (Å²) in [5.41, 5.74) is 1.38. The average Bonchev–Trinajstić information content (AvgIpc) is 2.80. The smallest absolute Gasteiger partial charge is 0.316 e. The van der Waals surface area contributed by atoms with Crippen molar-refractivity contribution >= 4 is 0 Å². The van der Waals surface area contributed by atoms with Crippen LogP contribution in [0.25, 0.3) is 0 Å². The number of rotatable bonds is 9. The zero-order valence-electron chi connectivity index (χ0n) is 18.5. The summed E-state index contributed by atoms with van der Waals surface area (Å²) in [4.78, 5) is 0. The van der Waals surface area contributed by atoms with Crippen molar-refractivity contribution in [2.24, 2.45) is 5.92 Å². The summed E-state index contributed by atoms with van der Waals surface area (Å²) in [5, 5.41) is 8.76. The van der Waals surface area contributed by atoms with E-state index in [1.165, 1.54) is 43.5 Å². The number of allylic oxidation sites excluding steroid dienone is 2. The fourth-order valence-electron chi connectivity index (χ4n) is 4.42. The largest absolute Gasteiger partial charge is 0.383 e. The normalized spacial score (nSPS) is 19.2. The Morgan fingerprint density at radius 3 is 2.44 bits per heavy atom. The minimum absolute atomic E-state index is 0.0674. The maximum atomic E-state index is 14.5. The number of halogens is 3. The van der Waals surface area contributed by atoms with E-state index in [9.17, 15) is 13.2 Å². The second kappa shape index (κ2) is 11.3. The van der Waals surface area contributed by atoms with Gasteiger partial charge in [0, 0.05) is 0 Å². The highest BCUT2D eigenvalue weighted by Gasteiger charge is 2.33. The minimum atomic E-state index is -3.41. The number of ether oxygens (including phenoxy) is 1. The first kappa shape index (κ1) is 24.1. The van der Waals surface area contributed by atoms with Gasteiger partial charge in [0.15, 0.2) is 0 Å². The van der Waals surface area contributed by atoms with Crippen LogP contribution in [-0.2, 0) is 17.3 Å². The van der Waals surface area contributed by atoms with Crippen LogP contribution < -0.4 is 0 Å². The zero-order valence-corrected chi connectivity index (χ0v) is 18.5. The Kier molecular flexibility index (Phi) is 8.53. The molecule has 2 aromatic rings. The van der Waals surface area contributed by atoms with E-state index in [1.807, 2.05) is 6.92 Å². The lowest BCUT2D eigenvalue weighted by Crippen LogP contribution is -2.20. The highest BCUT2D eigenvalue weighted by molar-refractivity contribution is 5.33. The van der Waals surface area contributed by atoms with Gasteiger partial charge in [0.05, 0.1) is 17.7 Å². The highest BCUT2D eigenvalue weighted by atomic mass is 19.3. The number of nitrogens with zero attached hydrogens (tertiary/aromatic N) is 1. The van der Waals surface area contributed by atoms with Crippen LogP contribution in [0.4, 0.5) is 13.2 Å². The molecule has 0 unspecified atom stereocenters. The van der Waals surface area contributed by atoms with E-state index in [4.69, 9.17) is 10.00 Å². The predicted molar refractivity (Wildman–Crippen MR) is 120 cm³/mol. The van der Waals surface area contributed by atoms with Gasteiger partial charge in [-0.3, -0.25) is 0 Å². The number of benzene rings is 2. The van der Waals surface area contributed by atoms with Gasteiger partial charge in [-0.15, -0.1) is 0 Å². The zero-order chi connectivity index (χ0) is 23.0. The van der Waals surface area contributed by atoms with E-state index >= 15 is 0 Å². The summed E-state index contributed by atoms with van der Waals surface area (Å²) in [6.45, 7) is 1.79. The Balaban J connectivity index is 1.50. The topological polar surface area (TPSA) is 33.0 Å². The predicted octanol–water partition coefficient (Wildman–Crippen LogP) is 7.64. The van der Waals surface area contributed by atoms with Crippen LogP contribution in [0.1, 0.15) is 73.6 Å². The second-order valence-corrected chi connectivity index (χ2v) is 8.53. The standard InChI is InChI=1S/C27H30F3NO/c1-2-3-4-5-20-6-9-22(10-7-20)23-12-14-25(15-13-23)27(29,30)32-17-16-21-8-11-24(19-31)26(28)18-21/h2-3,8,11-15,18,20,22H,4-7,9-10,16-17H2,1H3/b3-2+. The summed E-state index contributed by atoms with van der Waals surface area (Å²) in [6.07, 6.45) is 8.00. The van der Waals surface area contributed by atoms with Crippen molar-refractivity contribution in [3.8, 4) is 6.07 Å². The monoisotopic (exact) mass is 441 g/mol. The molecule has 5 heteroatoms. The molecule has 3 rings (SSSR count). The Hall–Kier alpha value is -2.58. The summed E-state index contributed by atoms with van der Waals surface area (Å²) in [7, 11) is 0. The lowest BCUT2D eigenvalue weighted by Gasteiger charge is -2.29. The molecule has 1 saturated carbocycles. The van der Waals surface area contributed by atoms with Gasteiger partial charge >= 0.3 is 6.11 Å². The maximum absolute atomic E-state index is 14.5. The fourth-order valence-corrected chi connectivity index (χ4v) is 4.42. The van der Waals surface area contributed by atoms with Crippen molar-refractivity contribution in [2.45, 2.75) is 63.9 Å². The Morgan fingerprint density at radius 2 is 1.81 bits per heavy atom. The molecule has 32 heavy (non-hydrogen) atoms. The number of hydrogen-bond donors (Lipinski definition) is 0. The molecule has 0 aliphatic heterocycles. The first-order valence-corrected chi connectivity index (χ1v) is 11.3. The molecular weight excluding hydrogens is 411 g/mol. The van der Waals surface area contributed by atoms with Crippen molar-refractivity contribution in [1.82, 2.24) is 0 Å². The van der Waals surface area contributed by atoms with Crippen LogP contribution in [0.15, 0.2) is 54.6 Å². The fraction of sp³-hybridized carbons (Fsp3) is 0.444. The van der Waals surface area contributed by atoms with Crippen LogP contribution in [0.3, 0.4) is 0 Å². The number of alkyl halides is 2. The summed E-state index contributed by atoms with van der Waals surface area (Å²) < 4.78 is 47.4. The van der Waals surface area contributed by atoms with Gasteiger partial charge in [-0.25, -0.2) is 4.39 Å². The van der Waals surface area contributed by atoms with E-state index in [0.717, 1.165) is 30.7 Å². The highest BCUT2D eigenvalue weighted by Crippen LogP contribution is 2.38. The van der Waals surface area contributed by atoms with Crippen LogP contribution in [0.5, 0.6) is 0 Å². The van der Waals surface area contributed by atoms with Crippen LogP contribution in [-0.4, -0.2) is 6.61 Å². The molecule has 1 fully saturated rings. The lowest BCUT2D eigenvalue weighted by molar-refractivity contribution is -0.248. The van der Waals surface area contributed by atoms with Crippen molar-refractivity contribution in [3.05, 3.63) is 82.7 Å². The molecule has 1 aliphatic carbocycles. The molecule has 0 bridgehead atoms. The summed E-state index contributed by atoms with van der Waals surface area (Å²) in [5.74, 6) is 0.547. The van der Waals surface area contributed by atoms with E-state index in [1.54, 1.807) is 24.3 Å². The molecule has 2 aromatic carbocycles. The molecule has 0 saturated heterocycles. The van der Waals surface area contributed by atoms with Gasteiger partial charge in [-0.05, 0) is 87.0 Å². The molecule has 0 aromatic heterocycles.